The topological polar surface area (TPSA) is 60.3 Å². The molecule has 0 aromatic carbocycles. The number of ether oxygens (including phenoxy) is 1. The molecule has 0 atom stereocenters. The molecule has 0 saturated carbocycles. The zero-order valence-corrected chi connectivity index (χ0v) is 11.6. The van der Waals surface area contributed by atoms with E-state index in [9.17, 15) is 9.59 Å². The summed E-state index contributed by atoms with van der Waals surface area (Å²) in [4.78, 5) is 23.5. The Balaban J connectivity index is 2.68. The van der Waals surface area contributed by atoms with Crippen molar-refractivity contribution in [2.24, 2.45) is 0 Å². The number of rotatable bonds is 4. The Morgan fingerprint density at radius 3 is 2.79 bits per heavy atom. The maximum absolute atomic E-state index is 12.0. The summed E-state index contributed by atoms with van der Waals surface area (Å²) in [6.07, 6.45) is 2.79. The number of hydrogen-bond donors (Lipinski definition) is 1. The third kappa shape index (κ3) is 4.99. The number of carbonyl (C=O) groups is 1. The lowest BCUT2D eigenvalue weighted by atomic mass is 10.2. The van der Waals surface area contributed by atoms with Crippen molar-refractivity contribution in [2.75, 3.05) is 0 Å². The number of pyridine rings is 1. The van der Waals surface area contributed by atoms with E-state index < -0.39 is 11.7 Å². The van der Waals surface area contributed by atoms with Crippen molar-refractivity contribution in [3.05, 3.63) is 46.9 Å². The quantitative estimate of drug-likeness (QED) is 0.847. The second-order valence-electron chi connectivity index (χ2n) is 5.14. The van der Waals surface area contributed by atoms with E-state index in [1.165, 1.54) is 4.57 Å². The number of amides is 1. The zero-order valence-electron chi connectivity index (χ0n) is 11.6. The van der Waals surface area contributed by atoms with Crippen LogP contribution >= 0.6 is 0 Å². The van der Waals surface area contributed by atoms with E-state index in [2.05, 4.69) is 11.9 Å². The van der Waals surface area contributed by atoms with Crippen LogP contribution in [0.4, 0.5) is 4.79 Å². The second-order valence-corrected chi connectivity index (χ2v) is 5.14. The van der Waals surface area contributed by atoms with Gasteiger partial charge in [-0.3, -0.25) is 4.79 Å². The van der Waals surface area contributed by atoms with Crippen molar-refractivity contribution in [2.45, 2.75) is 39.5 Å². The lowest BCUT2D eigenvalue weighted by Crippen LogP contribution is -2.34. The van der Waals surface area contributed by atoms with Crippen LogP contribution in [0, 0.1) is 0 Å². The first-order valence-corrected chi connectivity index (χ1v) is 6.09. The van der Waals surface area contributed by atoms with Crippen LogP contribution in [-0.2, 0) is 17.8 Å². The molecule has 1 N–H and O–H groups in total. The van der Waals surface area contributed by atoms with E-state index in [4.69, 9.17) is 4.74 Å². The lowest BCUT2D eigenvalue weighted by Gasteiger charge is -2.19. The molecule has 0 saturated heterocycles. The van der Waals surface area contributed by atoms with E-state index in [-0.39, 0.29) is 12.1 Å². The third-order valence-corrected chi connectivity index (χ3v) is 2.25. The summed E-state index contributed by atoms with van der Waals surface area (Å²) < 4.78 is 6.63. The van der Waals surface area contributed by atoms with E-state index in [1.54, 1.807) is 45.2 Å². The molecule has 0 aliphatic heterocycles. The molecule has 1 rings (SSSR count). The van der Waals surface area contributed by atoms with E-state index in [1.807, 2.05) is 0 Å². The van der Waals surface area contributed by atoms with Gasteiger partial charge in [-0.25, -0.2) is 4.79 Å². The van der Waals surface area contributed by atoms with Gasteiger partial charge in [0.25, 0.3) is 5.56 Å². The third-order valence-electron chi connectivity index (χ3n) is 2.25. The Morgan fingerprint density at radius 2 is 2.21 bits per heavy atom. The van der Waals surface area contributed by atoms with Gasteiger partial charge in [0.05, 0.1) is 6.54 Å². The highest BCUT2D eigenvalue weighted by Crippen LogP contribution is 2.06. The van der Waals surface area contributed by atoms with Crippen molar-refractivity contribution in [3.8, 4) is 0 Å². The molecule has 0 radical (unpaired) electrons. The molecular weight excluding hydrogens is 244 g/mol. The first kappa shape index (κ1) is 15.0. The van der Waals surface area contributed by atoms with Crippen molar-refractivity contribution in [3.63, 3.8) is 0 Å². The Bertz CT molecular complexity index is 512. The molecule has 5 nitrogen and oxygen atoms in total. The minimum atomic E-state index is -0.552. The van der Waals surface area contributed by atoms with Crippen molar-refractivity contribution >= 4 is 6.09 Å². The fourth-order valence-corrected chi connectivity index (χ4v) is 1.49. The molecule has 0 fully saturated rings. The van der Waals surface area contributed by atoms with Gasteiger partial charge >= 0.3 is 6.09 Å². The lowest BCUT2D eigenvalue weighted by molar-refractivity contribution is 0.0523. The Kier molecular flexibility index (Phi) is 4.92. The number of hydrogen-bond acceptors (Lipinski definition) is 3. The molecule has 0 unspecified atom stereocenters. The molecule has 1 heterocycles. The molecule has 5 heteroatoms. The Hall–Kier alpha value is -2.04. The fraction of sp³-hybridized carbons (Fsp3) is 0.429. The predicted molar refractivity (Wildman–Crippen MR) is 74.0 cm³/mol. The van der Waals surface area contributed by atoms with Crippen molar-refractivity contribution in [1.29, 1.82) is 0 Å². The molecule has 104 valence electrons. The largest absolute Gasteiger partial charge is 0.444 e. The average Bonchev–Trinajstić information content (AvgIpc) is 2.28. The second kappa shape index (κ2) is 6.22. The molecule has 0 aliphatic carbocycles. The van der Waals surface area contributed by atoms with Crippen LogP contribution < -0.4 is 10.9 Å². The smallest absolute Gasteiger partial charge is 0.407 e. The summed E-state index contributed by atoms with van der Waals surface area (Å²) >= 11 is 0. The summed E-state index contributed by atoms with van der Waals surface area (Å²) in [6.45, 7) is 9.53. The summed E-state index contributed by atoms with van der Waals surface area (Å²) in [6, 6.07) is 3.44. The number of carbonyl (C=O) groups excluding carboxylic acids is 1. The summed E-state index contributed by atoms with van der Waals surface area (Å²) in [5.74, 6) is 0. The van der Waals surface area contributed by atoms with Crippen LogP contribution in [0.1, 0.15) is 26.3 Å². The van der Waals surface area contributed by atoms with Gasteiger partial charge in [0.2, 0.25) is 0 Å². The Morgan fingerprint density at radius 1 is 1.53 bits per heavy atom. The van der Waals surface area contributed by atoms with Gasteiger partial charge in [0.1, 0.15) is 5.60 Å². The van der Waals surface area contributed by atoms with E-state index >= 15 is 0 Å². The maximum Gasteiger partial charge on any atom is 0.407 e. The van der Waals surface area contributed by atoms with Gasteiger partial charge in [0, 0.05) is 18.3 Å². The normalized spacial score (nSPS) is 10.9. The number of allylic oxidation sites excluding steroid dienone is 1. The van der Waals surface area contributed by atoms with Crippen LogP contribution in [0.2, 0.25) is 0 Å². The standard InChI is InChI=1S/C14H20N2O3/c1-5-8-16-9-6-7-11(12(16)17)10-15-13(18)19-14(2,3)4/h5-7,9H,1,8,10H2,2-4H3,(H,15,18). The van der Waals surface area contributed by atoms with Gasteiger partial charge in [-0.05, 0) is 26.8 Å². The van der Waals surface area contributed by atoms with Crippen molar-refractivity contribution in [1.82, 2.24) is 9.88 Å². The van der Waals surface area contributed by atoms with Gasteiger partial charge < -0.3 is 14.6 Å². The van der Waals surface area contributed by atoms with Crippen LogP contribution in [-0.4, -0.2) is 16.3 Å². The molecule has 19 heavy (non-hydrogen) atoms. The van der Waals surface area contributed by atoms with Gasteiger partial charge in [0.15, 0.2) is 0 Å². The highest BCUT2D eigenvalue weighted by atomic mass is 16.6. The molecular formula is C14H20N2O3. The molecule has 0 aliphatic rings. The average molecular weight is 264 g/mol. The first-order chi connectivity index (χ1) is 8.83. The highest BCUT2D eigenvalue weighted by molar-refractivity contribution is 5.67. The number of nitrogens with one attached hydrogen (secondary N) is 1. The fourth-order valence-electron chi connectivity index (χ4n) is 1.49. The molecule has 1 amide bonds. The minimum absolute atomic E-state index is 0.140. The maximum atomic E-state index is 12.0. The van der Waals surface area contributed by atoms with Gasteiger partial charge in [-0.15, -0.1) is 6.58 Å². The van der Waals surface area contributed by atoms with Crippen LogP contribution in [0.25, 0.3) is 0 Å². The molecule has 1 aromatic rings. The molecule has 0 bridgehead atoms. The van der Waals surface area contributed by atoms with Crippen LogP contribution in [0.15, 0.2) is 35.8 Å². The summed E-state index contributed by atoms with van der Waals surface area (Å²) in [5.41, 5.74) is -0.183. The van der Waals surface area contributed by atoms with Crippen LogP contribution in [0.3, 0.4) is 0 Å². The number of nitrogens with zero attached hydrogens (tertiary/aromatic N) is 1. The monoisotopic (exact) mass is 264 g/mol. The Labute approximate surface area is 112 Å². The number of alkyl carbamates (subject to hydrolysis) is 1. The van der Waals surface area contributed by atoms with E-state index in [0.29, 0.717) is 12.1 Å². The van der Waals surface area contributed by atoms with Gasteiger partial charge in [-0.2, -0.15) is 0 Å². The minimum Gasteiger partial charge on any atom is -0.444 e. The summed E-state index contributed by atoms with van der Waals surface area (Å²) in [7, 11) is 0. The first-order valence-electron chi connectivity index (χ1n) is 6.09. The van der Waals surface area contributed by atoms with Gasteiger partial charge in [-0.1, -0.05) is 12.1 Å². The molecule has 0 spiro atoms. The van der Waals surface area contributed by atoms with Crippen LogP contribution in [0.5, 0.6) is 0 Å². The molecule has 1 aromatic heterocycles. The predicted octanol–water partition coefficient (Wildman–Crippen LogP) is 2.06. The summed E-state index contributed by atoms with van der Waals surface area (Å²) in [5, 5.41) is 2.57. The van der Waals surface area contributed by atoms with E-state index in [0.717, 1.165) is 0 Å². The SMILES string of the molecule is C=CCn1cccc(CNC(=O)OC(C)(C)C)c1=O. The number of aromatic nitrogens is 1. The zero-order chi connectivity index (χ0) is 14.5. The highest BCUT2D eigenvalue weighted by Gasteiger charge is 2.16. The van der Waals surface area contributed by atoms with Crippen molar-refractivity contribution < 1.29 is 9.53 Å².